The summed E-state index contributed by atoms with van der Waals surface area (Å²) in [7, 11) is 2.00. The molecule has 0 radical (unpaired) electrons. The summed E-state index contributed by atoms with van der Waals surface area (Å²) in [6, 6.07) is 3.11. The predicted molar refractivity (Wildman–Crippen MR) is 61.6 cm³/mol. The van der Waals surface area contributed by atoms with E-state index in [4.69, 9.17) is 0 Å². The van der Waals surface area contributed by atoms with Crippen molar-refractivity contribution < 1.29 is 0 Å². The first-order valence-corrected chi connectivity index (χ1v) is 5.92. The van der Waals surface area contributed by atoms with E-state index in [2.05, 4.69) is 30.3 Å². The lowest BCUT2D eigenvalue weighted by Gasteiger charge is -2.33. The highest BCUT2D eigenvalue weighted by Crippen LogP contribution is 2.30. The van der Waals surface area contributed by atoms with Crippen molar-refractivity contribution in [3.8, 4) is 0 Å². The second-order valence-corrected chi connectivity index (χ2v) is 4.75. The highest BCUT2D eigenvalue weighted by molar-refractivity contribution is 5.05. The summed E-state index contributed by atoms with van der Waals surface area (Å²) in [6.45, 7) is 4.52. The fourth-order valence-corrected chi connectivity index (χ4v) is 2.36. The van der Waals surface area contributed by atoms with Gasteiger partial charge in [-0.1, -0.05) is 6.42 Å². The van der Waals surface area contributed by atoms with E-state index in [0.29, 0.717) is 12.1 Å². The normalized spacial score (nSPS) is 21.0. The van der Waals surface area contributed by atoms with E-state index in [-0.39, 0.29) is 0 Å². The van der Waals surface area contributed by atoms with Gasteiger partial charge in [0.05, 0.1) is 5.69 Å². The van der Waals surface area contributed by atoms with Gasteiger partial charge in [-0.3, -0.25) is 4.68 Å². The second kappa shape index (κ2) is 4.35. The largest absolute Gasteiger partial charge is 0.306 e. The Morgan fingerprint density at radius 3 is 2.67 bits per heavy atom. The molecule has 1 aromatic heterocycles. The molecule has 84 valence electrons. The van der Waals surface area contributed by atoms with Crippen LogP contribution in [0.1, 0.15) is 44.8 Å². The lowest BCUT2D eigenvalue weighted by atomic mass is 9.80. The van der Waals surface area contributed by atoms with E-state index in [0.717, 1.165) is 5.92 Å². The van der Waals surface area contributed by atoms with E-state index in [9.17, 15) is 0 Å². The molecule has 0 bridgehead atoms. The van der Waals surface area contributed by atoms with Crippen LogP contribution in [0.5, 0.6) is 0 Å². The van der Waals surface area contributed by atoms with Crippen molar-refractivity contribution in [2.75, 3.05) is 0 Å². The minimum absolute atomic E-state index is 0.396. The predicted octanol–water partition coefficient (Wildman–Crippen LogP) is 2.26. The van der Waals surface area contributed by atoms with Crippen LogP contribution in [0.25, 0.3) is 0 Å². The van der Waals surface area contributed by atoms with Gasteiger partial charge in [0.25, 0.3) is 0 Å². The second-order valence-electron chi connectivity index (χ2n) is 4.75. The number of aromatic nitrogens is 2. The Bertz CT molecular complexity index is 314. The summed E-state index contributed by atoms with van der Waals surface area (Å²) in [5.74, 6) is 0.890. The maximum absolute atomic E-state index is 4.20. The lowest BCUT2D eigenvalue weighted by Crippen LogP contribution is -2.38. The molecular formula is C12H21N3. The molecule has 1 fully saturated rings. The quantitative estimate of drug-likeness (QED) is 0.820. The van der Waals surface area contributed by atoms with Crippen LogP contribution in [0.2, 0.25) is 0 Å². The number of aryl methyl sites for hydroxylation is 1. The van der Waals surface area contributed by atoms with Gasteiger partial charge in [0.2, 0.25) is 0 Å². The molecule has 1 saturated carbocycles. The fourth-order valence-electron chi connectivity index (χ4n) is 2.36. The zero-order valence-corrected chi connectivity index (χ0v) is 9.90. The van der Waals surface area contributed by atoms with Gasteiger partial charge in [0.1, 0.15) is 0 Å². The smallest absolute Gasteiger partial charge is 0.0547 e. The first kappa shape index (κ1) is 10.7. The van der Waals surface area contributed by atoms with Gasteiger partial charge >= 0.3 is 0 Å². The van der Waals surface area contributed by atoms with E-state index in [1.807, 2.05) is 17.9 Å². The van der Waals surface area contributed by atoms with Gasteiger partial charge in [0, 0.05) is 25.3 Å². The molecule has 0 saturated heterocycles. The van der Waals surface area contributed by atoms with Crippen molar-refractivity contribution in [1.82, 2.24) is 15.1 Å². The molecule has 1 aliphatic rings. The first-order chi connectivity index (χ1) is 7.18. The molecule has 1 heterocycles. The third-order valence-corrected chi connectivity index (χ3v) is 3.67. The Morgan fingerprint density at radius 1 is 1.47 bits per heavy atom. The lowest BCUT2D eigenvalue weighted by molar-refractivity contribution is 0.228. The molecule has 1 aliphatic carbocycles. The molecule has 3 nitrogen and oxygen atoms in total. The summed E-state index contributed by atoms with van der Waals surface area (Å²) in [5.41, 5.74) is 1.26. The van der Waals surface area contributed by atoms with Gasteiger partial charge in [-0.15, -0.1) is 0 Å². The molecule has 0 aromatic carbocycles. The van der Waals surface area contributed by atoms with Crippen molar-refractivity contribution >= 4 is 0 Å². The maximum atomic E-state index is 4.20. The summed E-state index contributed by atoms with van der Waals surface area (Å²) in [4.78, 5) is 0. The molecule has 0 amide bonds. The average Bonchev–Trinajstić information content (AvgIpc) is 2.47. The van der Waals surface area contributed by atoms with Crippen LogP contribution in [0.4, 0.5) is 0 Å². The van der Waals surface area contributed by atoms with E-state index < -0.39 is 0 Å². The zero-order valence-electron chi connectivity index (χ0n) is 9.90. The molecule has 2 rings (SSSR count). The van der Waals surface area contributed by atoms with Crippen LogP contribution in [0.15, 0.2) is 12.3 Å². The summed E-state index contributed by atoms with van der Waals surface area (Å²) < 4.78 is 1.95. The first-order valence-electron chi connectivity index (χ1n) is 5.92. The number of rotatable bonds is 4. The number of hydrogen-bond donors (Lipinski definition) is 1. The molecule has 0 aliphatic heterocycles. The molecule has 1 N–H and O–H groups in total. The average molecular weight is 207 g/mol. The molecule has 15 heavy (non-hydrogen) atoms. The number of nitrogens with one attached hydrogen (secondary N) is 1. The van der Waals surface area contributed by atoms with Gasteiger partial charge in [-0.2, -0.15) is 5.10 Å². The summed E-state index contributed by atoms with van der Waals surface area (Å²) >= 11 is 0. The van der Waals surface area contributed by atoms with Crippen LogP contribution in [0.3, 0.4) is 0 Å². The molecule has 2 unspecified atom stereocenters. The molecular weight excluding hydrogens is 186 g/mol. The van der Waals surface area contributed by atoms with Crippen LogP contribution in [0, 0.1) is 5.92 Å². The topological polar surface area (TPSA) is 29.9 Å². The Morgan fingerprint density at radius 2 is 2.20 bits per heavy atom. The molecule has 1 aromatic rings. The van der Waals surface area contributed by atoms with E-state index >= 15 is 0 Å². The van der Waals surface area contributed by atoms with Crippen LogP contribution in [-0.2, 0) is 7.05 Å². The van der Waals surface area contributed by atoms with Gasteiger partial charge in [0.15, 0.2) is 0 Å². The van der Waals surface area contributed by atoms with Crippen molar-refractivity contribution in [3.05, 3.63) is 18.0 Å². The van der Waals surface area contributed by atoms with Crippen LogP contribution < -0.4 is 5.32 Å². The van der Waals surface area contributed by atoms with Crippen molar-refractivity contribution in [2.45, 2.75) is 45.2 Å². The highest BCUT2D eigenvalue weighted by Gasteiger charge is 2.25. The van der Waals surface area contributed by atoms with Crippen molar-refractivity contribution in [3.63, 3.8) is 0 Å². The van der Waals surface area contributed by atoms with E-state index in [1.165, 1.54) is 25.0 Å². The SMILES string of the molecule is CC(NC(C)C1CCC1)c1ccnn1C. The van der Waals surface area contributed by atoms with Gasteiger partial charge in [-0.05, 0) is 38.7 Å². The maximum Gasteiger partial charge on any atom is 0.0547 e. The zero-order chi connectivity index (χ0) is 10.8. The Balaban J connectivity index is 1.91. The fraction of sp³-hybridized carbons (Fsp3) is 0.750. The summed E-state index contributed by atoms with van der Waals surface area (Å²) in [6.07, 6.45) is 6.07. The van der Waals surface area contributed by atoms with Crippen molar-refractivity contribution in [1.29, 1.82) is 0 Å². The third kappa shape index (κ3) is 2.23. The number of hydrogen-bond acceptors (Lipinski definition) is 2. The van der Waals surface area contributed by atoms with Crippen LogP contribution >= 0.6 is 0 Å². The summed E-state index contributed by atoms with van der Waals surface area (Å²) in [5, 5.41) is 7.86. The van der Waals surface area contributed by atoms with Gasteiger partial charge < -0.3 is 5.32 Å². The monoisotopic (exact) mass is 207 g/mol. The standard InChI is InChI=1S/C12H21N3/c1-9(11-5-4-6-11)14-10(2)12-7-8-13-15(12)3/h7-11,14H,4-6H2,1-3H3. The van der Waals surface area contributed by atoms with Crippen LogP contribution in [-0.4, -0.2) is 15.8 Å². The molecule has 0 spiro atoms. The minimum atomic E-state index is 0.396. The van der Waals surface area contributed by atoms with E-state index in [1.54, 1.807) is 0 Å². The van der Waals surface area contributed by atoms with Gasteiger partial charge in [-0.25, -0.2) is 0 Å². The highest BCUT2D eigenvalue weighted by atomic mass is 15.3. The van der Waals surface area contributed by atoms with Crippen molar-refractivity contribution in [2.24, 2.45) is 13.0 Å². The Labute approximate surface area is 91.9 Å². The molecule has 2 atom stereocenters. The Hall–Kier alpha value is -0.830. The Kier molecular flexibility index (Phi) is 3.10. The minimum Gasteiger partial charge on any atom is -0.306 e. The molecule has 3 heteroatoms. The number of nitrogens with zero attached hydrogens (tertiary/aromatic N) is 2. The third-order valence-electron chi connectivity index (χ3n) is 3.67.